The quantitative estimate of drug-likeness (QED) is 0.599. The number of nitrogens with zero attached hydrogens (tertiary/aromatic N) is 3. The van der Waals surface area contributed by atoms with Gasteiger partial charge in [-0.1, -0.05) is 30.9 Å². The van der Waals surface area contributed by atoms with Crippen molar-refractivity contribution < 1.29 is 0 Å². The molecule has 4 heteroatoms. The molecule has 1 aliphatic rings. The molecule has 3 nitrogen and oxygen atoms in total. The van der Waals surface area contributed by atoms with Gasteiger partial charge in [-0.15, -0.1) is 9.55 Å². The van der Waals surface area contributed by atoms with E-state index in [1.807, 2.05) is 31.5 Å². The zero-order valence-corrected chi connectivity index (χ0v) is 12.3. The Morgan fingerprint density at radius 3 is 2.78 bits per heavy atom. The molecule has 0 aliphatic heterocycles. The van der Waals surface area contributed by atoms with Crippen molar-refractivity contribution in [2.75, 3.05) is 13.3 Å². The van der Waals surface area contributed by atoms with Crippen molar-refractivity contribution in [3.05, 3.63) is 43.0 Å². The Morgan fingerprint density at radius 1 is 1.50 bits per heavy atom. The second-order valence-corrected chi connectivity index (χ2v) is 9.15. The van der Waals surface area contributed by atoms with Crippen LogP contribution in [-0.4, -0.2) is 33.5 Å². The van der Waals surface area contributed by atoms with Crippen LogP contribution in [0.5, 0.6) is 0 Å². The third-order valence-electron chi connectivity index (χ3n) is 3.35. The Bertz CT molecular complexity index is 493. The first-order chi connectivity index (χ1) is 8.59. The molecule has 1 fully saturated rings. The first-order valence-electron chi connectivity index (χ1n) is 6.31. The van der Waals surface area contributed by atoms with Crippen LogP contribution in [0.2, 0.25) is 0 Å². The van der Waals surface area contributed by atoms with E-state index < -0.39 is 7.41 Å². The minimum Gasteiger partial charge on any atom is -0.211 e. The fraction of sp³-hybridized carbons (Fsp3) is 0.429. The molecule has 0 unspecified atom stereocenters. The van der Waals surface area contributed by atoms with E-state index in [4.69, 9.17) is 0 Å². The van der Waals surface area contributed by atoms with Crippen LogP contribution in [0.3, 0.4) is 0 Å². The molecule has 0 atom stereocenters. The standard InChI is InChI=1S/C14H21N3P/c1-5-7-12(8-6-2)14-15-11-17(16-14)18(3,4)13-9-10-13/h5-8,11,13H,1,9-10H2,2-4H3/q+1/b8-6-,12-7+. The number of rotatable bonds is 5. The van der Waals surface area contributed by atoms with Crippen molar-refractivity contribution in [2.45, 2.75) is 25.4 Å². The first-order valence-corrected chi connectivity index (χ1v) is 9.02. The minimum atomic E-state index is -1.15. The summed E-state index contributed by atoms with van der Waals surface area (Å²) >= 11 is 0. The molecular formula is C14H21N3P+. The van der Waals surface area contributed by atoms with Crippen molar-refractivity contribution in [3.8, 4) is 0 Å². The van der Waals surface area contributed by atoms with E-state index in [-0.39, 0.29) is 0 Å². The van der Waals surface area contributed by atoms with E-state index in [0.717, 1.165) is 17.1 Å². The van der Waals surface area contributed by atoms with E-state index in [1.54, 1.807) is 6.08 Å². The lowest BCUT2D eigenvalue weighted by atomic mass is 10.2. The molecule has 0 radical (unpaired) electrons. The van der Waals surface area contributed by atoms with Crippen LogP contribution >= 0.6 is 7.41 Å². The van der Waals surface area contributed by atoms with Crippen molar-refractivity contribution in [3.63, 3.8) is 0 Å². The molecule has 96 valence electrons. The van der Waals surface area contributed by atoms with Crippen LogP contribution in [-0.2, 0) is 0 Å². The van der Waals surface area contributed by atoms with Gasteiger partial charge in [-0.3, -0.25) is 0 Å². The Kier molecular flexibility index (Phi) is 3.82. The highest BCUT2D eigenvalue weighted by Gasteiger charge is 2.47. The molecule has 0 N–H and O–H groups in total. The van der Waals surface area contributed by atoms with Crippen LogP contribution in [0.15, 0.2) is 37.2 Å². The van der Waals surface area contributed by atoms with E-state index in [0.29, 0.717) is 0 Å². The van der Waals surface area contributed by atoms with Gasteiger partial charge in [0.15, 0.2) is 12.2 Å². The fourth-order valence-corrected chi connectivity index (χ4v) is 4.40. The second kappa shape index (κ2) is 5.19. The number of allylic oxidation sites excluding steroid dienone is 5. The number of aromatic nitrogens is 3. The highest BCUT2D eigenvalue weighted by atomic mass is 31.2. The summed E-state index contributed by atoms with van der Waals surface area (Å²) in [6, 6.07) is 0. The number of hydrogen-bond donors (Lipinski definition) is 0. The summed E-state index contributed by atoms with van der Waals surface area (Å²) in [4.78, 5) is 4.44. The van der Waals surface area contributed by atoms with E-state index in [1.165, 1.54) is 12.8 Å². The van der Waals surface area contributed by atoms with Crippen LogP contribution in [0.1, 0.15) is 25.6 Å². The average Bonchev–Trinajstić information content (AvgIpc) is 3.07. The van der Waals surface area contributed by atoms with Gasteiger partial charge in [0.1, 0.15) is 7.41 Å². The smallest absolute Gasteiger partial charge is 0.184 e. The van der Waals surface area contributed by atoms with Crippen molar-refractivity contribution >= 4 is 13.0 Å². The monoisotopic (exact) mass is 262 g/mol. The maximum atomic E-state index is 4.67. The van der Waals surface area contributed by atoms with Gasteiger partial charge in [-0.2, -0.15) is 0 Å². The average molecular weight is 262 g/mol. The fourth-order valence-electron chi connectivity index (χ4n) is 2.02. The van der Waals surface area contributed by atoms with Crippen LogP contribution in [0.4, 0.5) is 0 Å². The van der Waals surface area contributed by atoms with Gasteiger partial charge in [-0.05, 0) is 19.8 Å². The lowest BCUT2D eigenvalue weighted by molar-refractivity contribution is 0.956. The lowest BCUT2D eigenvalue weighted by Gasteiger charge is -2.15. The van der Waals surface area contributed by atoms with Crippen molar-refractivity contribution in [1.82, 2.24) is 14.5 Å². The summed E-state index contributed by atoms with van der Waals surface area (Å²) < 4.78 is 2.11. The molecule has 18 heavy (non-hydrogen) atoms. The topological polar surface area (TPSA) is 30.7 Å². The maximum Gasteiger partial charge on any atom is 0.184 e. The predicted octanol–water partition coefficient (Wildman–Crippen LogP) is 3.63. The molecule has 1 heterocycles. The summed E-state index contributed by atoms with van der Waals surface area (Å²) in [7, 11) is -1.15. The lowest BCUT2D eigenvalue weighted by Crippen LogP contribution is -2.07. The van der Waals surface area contributed by atoms with Gasteiger partial charge >= 0.3 is 0 Å². The SMILES string of the molecule is C=C/C=C(\C=C/C)c1ncn([P+](C)(C)C2CC2)n1. The van der Waals surface area contributed by atoms with Gasteiger partial charge in [0.05, 0.1) is 19.0 Å². The highest BCUT2D eigenvalue weighted by Crippen LogP contribution is 2.65. The van der Waals surface area contributed by atoms with Gasteiger partial charge in [-0.25, -0.2) is 4.98 Å². The second-order valence-electron chi connectivity index (χ2n) is 5.06. The molecule has 0 spiro atoms. The highest BCUT2D eigenvalue weighted by molar-refractivity contribution is 7.73. The summed E-state index contributed by atoms with van der Waals surface area (Å²) in [5, 5.41) is 4.67. The summed E-state index contributed by atoms with van der Waals surface area (Å²) in [5.74, 6) is 0.793. The van der Waals surface area contributed by atoms with Crippen LogP contribution in [0.25, 0.3) is 5.57 Å². The molecule has 0 amide bonds. The zero-order valence-electron chi connectivity index (χ0n) is 11.4. The summed E-state index contributed by atoms with van der Waals surface area (Å²) in [6.07, 6.45) is 12.3. The normalized spacial score (nSPS) is 17.4. The zero-order chi connectivity index (χ0) is 13.2. The molecular weight excluding hydrogens is 241 g/mol. The first kappa shape index (κ1) is 13.2. The number of hydrogen-bond acceptors (Lipinski definition) is 2. The maximum absolute atomic E-state index is 4.67. The molecule has 1 aromatic heterocycles. The molecule has 0 saturated heterocycles. The molecule has 1 aromatic rings. The van der Waals surface area contributed by atoms with Crippen LogP contribution < -0.4 is 0 Å². The Hall–Kier alpha value is -1.21. The largest absolute Gasteiger partial charge is 0.211 e. The van der Waals surface area contributed by atoms with Gasteiger partial charge in [0.25, 0.3) is 0 Å². The molecule has 0 aromatic carbocycles. The minimum absolute atomic E-state index is 0.793. The Labute approximate surface area is 110 Å². The van der Waals surface area contributed by atoms with Gasteiger partial charge in [0, 0.05) is 5.57 Å². The molecule has 0 bridgehead atoms. The summed E-state index contributed by atoms with van der Waals surface area (Å²) in [5.41, 5.74) is 1.86. The van der Waals surface area contributed by atoms with E-state index in [9.17, 15) is 0 Å². The molecule has 1 saturated carbocycles. The third kappa shape index (κ3) is 2.62. The van der Waals surface area contributed by atoms with Crippen LogP contribution in [0, 0.1) is 0 Å². The molecule has 1 aliphatic carbocycles. The third-order valence-corrected chi connectivity index (χ3v) is 6.90. The Balaban J connectivity index is 2.29. The van der Waals surface area contributed by atoms with E-state index >= 15 is 0 Å². The summed E-state index contributed by atoms with van der Waals surface area (Å²) in [6.45, 7) is 10.4. The predicted molar refractivity (Wildman–Crippen MR) is 80.2 cm³/mol. The Morgan fingerprint density at radius 2 is 2.22 bits per heavy atom. The molecule has 2 rings (SSSR count). The van der Waals surface area contributed by atoms with Gasteiger partial charge < -0.3 is 0 Å². The van der Waals surface area contributed by atoms with Crippen molar-refractivity contribution in [1.29, 1.82) is 0 Å². The van der Waals surface area contributed by atoms with Crippen molar-refractivity contribution in [2.24, 2.45) is 0 Å². The van der Waals surface area contributed by atoms with E-state index in [2.05, 4.69) is 34.4 Å². The van der Waals surface area contributed by atoms with Gasteiger partial charge in [0.2, 0.25) is 0 Å².